The van der Waals surface area contributed by atoms with Gasteiger partial charge in [0.15, 0.2) is 5.82 Å². The number of rotatable bonds is 6. The molecule has 0 aliphatic heterocycles. The molecule has 0 unspecified atom stereocenters. The molecule has 3 aromatic rings. The zero-order valence-electron chi connectivity index (χ0n) is 19.5. The Bertz CT molecular complexity index is 1450. The van der Waals surface area contributed by atoms with Crippen molar-refractivity contribution in [1.29, 1.82) is 0 Å². The van der Waals surface area contributed by atoms with Crippen LogP contribution in [-0.2, 0) is 16.2 Å². The highest BCUT2D eigenvalue weighted by Gasteiger charge is 2.34. The van der Waals surface area contributed by atoms with Gasteiger partial charge in [0.05, 0.1) is 23.0 Å². The van der Waals surface area contributed by atoms with Crippen LogP contribution in [0.4, 0.5) is 28.9 Å². The summed E-state index contributed by atoms with van der Waals surface area (Å²) in [6.07, 6.45) is -1.51. The average Bonchev–Trinajstić information content (AvgIpc) is 2.79. The van der Waals surface area contributed by atoms with Crippen molar-refractivity contribution < 1.29 is 30.8 Å². The van der Waals surface area contributed by atoms with Crippen LogP contribution in [0, 0.1) is 5.82 Å². The summed E-state index contributed by atoms with van der Waals surface area (Å²) in [5.41, 5.74) is -1.35. The third-order valence-corrected chi connectivity index (χ3v) is 6.79. The molecular formula is C24H23ClF4N4O3S. The van der Waals surface area contributed by atoms with E-state index >= 15 is 0 Å². The van der Waals surface area contributed by atoms with Crippen LogP contribution >= 0.6 is 11.6 Å². The van der Waals surface area contributed by atoms with Crippen molar-refractivity contribution in [3.63, 3.8) is 0 Å². The molecule has 37 heavy (non-hydrogen) atoms. The van der Waals surface area contributed by atoms with Gasteiger partial charge in [0.25, 0.3) is 5.91 Å². The van der Waals surface area contributed by atoms with Crippen LogP contribution < -0.4 is 15.4 Å². The van der Waals surface area contributed by atoms with E-state index in [9.17, 15) is 30.8 Å². The van der Waals surface area contributed by atoms with E-state index in [-0.39, 0.29) is 34.5 Å². The minimum atomic E-state index is -4.64. The van der Waals surface area contributed by atoms with E-state index in [1.54, 1.807) is 0 Å². The summed E-state index contributed by atoms with van der Waals surface area (Å²) in [4.78, 5) is 16.5. The van der Waals surface area contributed by atoms with Gasteiger partial charge in [-0.2, -0.15) is 13.2 Å². The Morgan fingerprint density at radius 1 is 1.08 bits per heavy atom. The fourth-order valence-corrected chi connectivity index (χ4v) is 5.11. The molecule has 0 bridgehead atoms. The minimum Gasteiger partial charge on any atom is -0.382 e. The van der Waals surface area contributed by atoms with Gasteiger partial charge in [-0.05, 0) is 62.1 Å². The zero-order chi connectivity index (χ0) is 27.0. The number of pyridine rings is 1. The van der Waals surface area contributed by atoms with Crippen molar-refractivity contribution in [3.05, 3.63) is 64.6 Å². The molecule has 13 heteroatoms. The molecule has 0 radical (unpaired) electrons. The molecule has 2 atom stereocenters. The topological polar surface area (TPSA) is 100 Å². The number of halogens is 5. The highest BCUT2D eigenvalue weighted by atomic mass is 35.5. The first kappa shape index (κ1) is 26.9. The lowest BCUT2D eigenvalue weighted by Crippen LogP contribution is -2.42. The summed E-state index contributed by atoms with van der Waals surface area (Å²) >= 11 is 6.07. The van der Waals surface area contributed by atoms with Crippen LogP contribution in [0.3, 0.4) is 0 Å². The summed E-state index contributed by atoms with van der Waals surface area (Å²) in [6, 6.07) is 8.49. The second-order valence-electron chi connectivity index (χ2n) is 8.93. The Balaban J connectivity index is 1.52. The van der Waals surface area contributed by atoms with E-state index in [2.05, 4.69) is 15.6 Å². The van der Waals surface area contributed by atoms with Crippen molar-refractivity contribution in [1.82, 2.24) is 10.3 Å². The lowest BCUT2D eigenvalue weighted by atomic mass is 9.90. The highest BCUT2D eigenvalue weighted by molar-refractivity contribution is 7.92. The molecule has 3 N–H and O–H groups in total. The van der Waals surface area contributed by atoms with Crippen LogP contribution in [0.15, 0.2) is 42.5 Å². The summed E-state index contributed by atoms with van der Waals surface area (Å²) in [5.74, 6) is -1.73. The molecule has 198 valence electrons. The van der Waals surface area contributed by atoms with Crippen molar-refractivity contribution in [2.45, 2.75) is 43.9 Å². The SMILES string of the molecule is CS(=O)(=O)Nc1cccc(C(=O)N[C@@H]2CCC[C@H](Nc3cc(C(F)(F)F)nc4ccc(Cl)cc34)C2)c1F. The summed E-state index contributed by atoms with van der Waals surface area (Å²) < 4.78 is 80.0. The van der Waals surface area contributed by atoms with Gasteiger partial charge in [-0.1, -0.05) is 17.7 Å². The number of benzene rings is 2. The molecule has 0 saturated heterocycles. The lowest BCUT2D eigenvalue weighted by molar-refractivity contribution is -0.140. The Kier molecular flexibility index (Phi) is 7.52. The van der Waals surface area contributed by atoms with Crippen LogP contribution in [-0.4, -0.2) is 37.6 Å². The van der Waals surface area contributed by atoms with Crippen molar-refractivity contribution in [2.24, 2.45) is 0 Å². The number of hydrogen-bond acceptors (Lipinski definition) is 5. The fraction of sp³-hybridized carbons (Fsp3) is 0.333. The normalized spacial score (nSPS) is 18.4. The van der Waals surface area contributed by atoms with E-state index in [4.69, 9.17) is 11.6 Å². The number of nitrogens with zero attached hydrogens (tertiary/aromatic N) is 1. The first-order chi connectivity index (χ1) is 17.3. The second kappa shape index (κ2) is 10.3. The van der Waals surface area contributed by atoms with Crippen molar-refractivity contribution in [2.75, 3.05) is 16.3 Å². The zero-order valence-corrected chi connectivity index (χ0v) is 21.1. The molecule has 1 aromatic heterocycles. The number of hydrogen-bond donors (Lipinski definition) is 3. The first-order valence-corrected chi connectivity index (χ1v) is 13.6. The predicted molar refractivity (Wildman–Crippen MR) is 134 cm³/mol. The van der Waals surface area contributed by atoms with Gasteiger partial charge < -0.3 is 10.6 Å². The number of carbonyl (C=O) groups is 1. The van der Waals surface area contributed by atoms with Crippen LogP contribution in [0.25, 0.3) is 10.9 Å². The Morgan fingerprint density at radius 3 is 2.51 bits per heavy atom. The molecule has 1 heterocycles. The summed E-state index contributed by atoms with van der Waals surface area (Å²) in [7, 11) is -3.75. The Labute approximate surface area is 215 Å². The van der Waals surface area contributed by atoms with Gasteiger partial charge in [0, 0.05) is 28.2 Å². The van der Waals surface area contributed by atoms with E-state index < -0.39 is 33.6 Å². The maximum absolute atomic E-state index is 14.8. The molecular weight excluding hydrogens is 536 g/mol. The number of carbonyl (C=O) groups excluding carboxylic acids is 1. The predicted octanol–water partition coefficient (Wildman–Crippen LogP) is 5.57. The fourth-order valence-electron chi connectivity index (χ4n) is 4.38. The maximum Gasteiger partial charge on any atom is 0.433 e. The summed E-state index contributed by atoms with van der Waals surface area (Å²) in [6.45, 7) is 0. The van der Waals surface area contributed by atoms with Gasteiger partial charge >= 0.3 is 6.18 Å². The van der Waals surface area contributed by atoms with E-state index in [0.717, 1.165) is 12.3 Å². The van der Waals surface area contributed by atoms with Gasteiger partial charge in [0.2, 0.25) is 10.0 Å². The molecule has 0 spiro atoms. The standard InChI is InChI=1S/C24H23ClF4N4O3S/c1-37(35,36)33-19-7-3-6-16(22(19)26)23(34)31-15-5-2-4-14(11-15)30-20-12-21(24(27,28)29)32-18-9-8-13(25)10-17(18)20/h3,6-10,12,14-15,33H,2,4-5,11H2,1H3,(H,30,32)(H,31,34)/t14-,15+/m0/s1. The third kappa shape index (κ3) is 6.61. The number of anilines is 2. The lowest BCUT2D eigenvalue weighted by Gasteiger charge is -2.31. The van der Waals surface area contributed by atoms with Crippen molar-refractivity contribution in [3.8, 4) is 0 Å². The van der Waals surface area contributed by atoms with E-state index in [1.165, 1.54) is 36.4 Å². The van der Waals surface area contributed by atoms with Crippen molar-refractivity contribution >= 4 is 49.8 Å². The quantitative estimate of drug-likeness (QED) is 0.343. The van der Waals surface area contributed by atoms with Crippen LogP contribution in [0.1, 0.15) is 41.7 Å². The van der Waals surface area contributed by atoms with Gasteiger partial charge in [-0.25, -0.2) is 17.8 Å². The maximum atomic E-state index is 14.8. The molecule has 4 rings (SSSR count). The Hall–Kier alpha value is -3.12. The Morgan fingerprint density at radius 2 is 1.81 bits per heavy atom. The number of sulfonamides is 1. The monoisotopic (exact) mass is 558 g/mol. The molecule has 1 aliphatic rings. The van der Waals surface area contributed by atoms with Crippen LogP contribution in [0.2, 0.25) is 5.02 Å². The van der Waals surface area contributed by atoms with Gasteiger partial charge in [-0.15, -0.1) is 0 Å². The molecule has 7 nitrogen and oxygen atoms in total. The summed E-state index contributed by atoms with van der Waals surface area (Å²) in [5, 5.41) is 6.69. The number of fused-ring (bicyclic) bond motifs is 1. The molecule has 2 aromatic carbocycles. The van der Waals surface area contributed by atoms with Crippen LogP contribution in [0.5, 0.6) is 0 Å². The first-order valence-electron chi connectivity index (χ1n) is 11.3. The molecule has 1 amide bonds. The molecule has 1 saturated carbocycles. The highest BCUT2D eigenvalue weighted by Crippen LogP contribution is 2.35. The van der Waals surface area contributed by atoms with Gasteiger partial charge in [-0.3, -0.25) is 9.52 Å². The second-order valence-corrected chi connectivity index (χ2v) is 11.1. The smallest absolute Gasteiger partial charge is 0.382 e. The average molecular weight is 559 g/mol. The number of alkyl halides is 3. The number of amides is 1. The number of nitrogens with one attached hydrogen (secondary N) is 3. The van der Waals surface area contributed by atoms with Gasteiger partial charge in [0.1, 0.15) is 5.69 Å². The molecule has 1 aliphatic carbocycles. The number of aromatic nitrogens is 1. The minimum absolute atomic E-state index is 0.139. The third-order valence-electron chi connectivity index (χ3n) is 5.97. The largest absolute Gasteiger partial charge is 0.433 e. The van der Waals surface area contributed by atoms with E-state index in [1.807, 2.05) is 4.72 Å². The molecule has 1 fully saturated rings. The van der Waals surface area contributed by atoms with E-state index in [0.29, 0.717) is 36.1 Å².